The van der Waals surface area contributed by atoms with Crippen LogP contribution in [0.3, 0.4) is 0 Å². The van der Waals surface area contributed by atoms with Crippen molar-refractivity contribution in [1.82, 2.24) is 10.2 Å². The normalized spacial score (nSPS) is 18.5. The maximum absolute atomic E-state index is 13.6. The molecule has 3 rings (SSSR count). The summed E-state index contributed by atoms with van der Waals surface area (Å²) in [6.07, 6.45) is 3.09. The molecule has 1 aliphatic rings. The Balaban J connectivity index is 1.91. The van der Waals surface area contributed by atoms with Gasteiger partial charge in [0.05, 0.1) is 10.0 Å². The monoisotopic (exact) mass is 464 g/mol. The maximum atomic E-state index is 13.6. The first-order chi connectivity index (χ1) is 14.4. The fourth-order valence-corrected chi connectivity index (χ4v) is 5.26. The molecule has 4 nitrogen and oxygen atoms in total. The molecule has 7 heteroatoms. The van der Waals surface area contributed by atoms with Crippen molar-refractivity contribution in [2.75, 3.05) is 12.3 Å². The topological polar surface area (TPSA) is 49.4 Å². The van der Waals surface area contributed by atoms with E-state index in [1.54, 1.807) is 28.8 Å². The van der Waals surface area contributed by atoms with E-state index in [2.05, 4.69) is 12.2 Å². The van der Waals surface area contributed by atoms with Crippen LogP contribution in [0.2, 0.25) is 10.0 Å². The number of carbonyl (C=O) groups excluding carboxylic acids is 2. The predicted molar refractivity (Wildman–Crippen MR) is 125 cm³/mol. The van der Waals surface area contributed by atoms with Crippen molar-refractivity contribution in [2.24, 2.45) is 0 Å². The fourth-order valence-electron chi connectivity index (χ4n) is 3.54. The lowest BCUT2D eigenvalue weighted by Crippen LogP contribution is -2.48. The van der Waals surface area contributed by atoms with E-state index in [9.17, 15) is 9.59 Å². The molecule has 0 spiro atoms. The average molecular weight is 465 g/mol. The van der Waals surface area contributed by atoms with Gasteiger partial charge in [-0.1, -0.05) is 67.2 Å². The van der Waals surface area contributed by atoms with Crippen molar-refractivity contribution in [3.63, 3.8) is 0 Å². The standard InChI is InChI=1S/C23H26Cl2N2O2S/c1-3-4-7-12-26-21(28)20-14-30-23(16-10-11-18(24)19(25)13-16)27(20)22(29)17-9-6-5-8-15(17)2/h5-6,8-11,13,20,23H,3-4,7,12,14H2,1-2H3,(H,26,28). The molecule has 2 unspecified atom stereocenters. The third kappa shape index (κ3) is 5.13. The summed E-state index contributed by atoms with van der Waals surface area (Å²) >= 11 is 13.9. The predicted octanol–water partition coefficient (Wildman–Crippen LogP) is 5.86. The molecule has 1 aliphatic heterocycles. The Kier molecular flexibility index (Phi) is 8.09. The first-order valence-electron chi connectivity index (χ1n) is 10.2. The molecule has 0 aliphatic carbocycles. The van der Waals surface area contributed by atoms with Crippen LogP contribution in [-0.2, 0) is 4.79 Å². The smallest absolute Gasteiger partial charge is 0.256 e. The number of amides is 2. The van der Waals surface area contributed by atoms with Gasteiger partial charge in [-0.15, -0.1) is 11.8 Å². The number of benzene rings is 2. The lowest BCUT2D eigenvalue weighted by Gasteiger charge is -2.30. The third-order valence-corrected chi connectivity index (χ3v) is 7.28. The highest BCUT2D eigenvalue weighted by Crippen LogP contribution is 2.43. The number of unbranched alkanes of at least 4 members (excludes halogenated alkanes) is 2. The molecule has 0 radical (unpaired) electrons. The molecule has 1 fully saturated rings. The molecular weight excluding hydrogens is 439 g/mol. The molecule has 2 aromatic carbocycles. The van der Waals surface area contributed by atoms with Crippen LogP contribution in [0.5, 0.6) is 0 Å². The van der Waals surface area contributed by atoms with Gasteiger partial charge >= 0.3 is 0 Å². The lowest BCUT2D eigenvalue weighted by molar-refractivity contribution is -0.124. The van der Waals surface area contributed by atoms with E-state index in [1.807, 2.05) is 37.3 Å². The number of rotatable bonds is 7. The van der Waals surface area contributed by atoms with E-state index < -0.39 is 6.04 Å². The highest BCUT2D eigenvalue weighted by atomic mass is 35.5. The Morgan fingerprint density at radius 1 is 1.13 bits per heavy atom. The quantitative estimate of drug-likeness (QED) is 0.521. The van der Waals surface area contributed by atoms with E-state index in [4.69, 9.17) is 23.2 Å². The van der Waals surface area contributed by atoms with Gasteiger partial charge in [-0.25, -0.2) is 0 Å². The molecule has 0 saturated carbocycles. The molecule has 1 N–H and O–H groups in total. The van der Waals surface area contributed by atoms with E-state index in [-0.39, 0.29) is 17.2 Å². The molecule has 160 valence electrons. The largest absolute Gasteiger partial charge is 0.354 e. The van der Waals surface area contributed by atoms with Crippen molar-refractivity contribution in [3.05, 3.63) is 69.2 Å². The number of aryl methyl sites for hydroxylation is 1. The summed E-state index contributed by atoms with van der Waals surface area (Å²) in [5.74, 6) is 0.272. The first kappa shape index (κ1) is 23.0. The Morgan fingerprint density at radius 2 is 1.90 bits per heavy atom. The molecule has 2 aromatic rings. The molecule has 0 bridgehead atoms. The molecule has 0 aromatic heterocycles. The number of nitrogens with zero attached hydrogens (tertiary/aromatic N) is 1. The summed E-state index contributed by atoms with van der Waals surface area (Å²) in [4.78, 5) is 28.2. The van der Waals surface area contributed by atoms with Gasteiger partial charge in [0.2, 0.25) is 5.91 Å². The summed E-state index contributed by atoms with van der Waals surface area (Å²) in [5.41, 5.74) is 2.35. The van der Waals surface area contributed by atoms with Crippen molar-refractivity contribution in [3.8, 4) is 0 Å². The lowest BCUT2D eigenvalue weighted by atomic mass is 10.1. The molecule has 1 heterocycles. The second-order valence-corrected chi connectivity index (χ2v) is 9.33. The number of hydrogen-bond acceptors (Lipinski definition) is 3. The van der Waals surface area contributed by atoms with Gasteiger partial charge < -0.3 is 10.2 Å². The third-order valence-electron chi connectivity index (χ3n) is 5.22. The van der Waals surface area contributed by atoms with Gasteiger partial charge in [-0.3, -0.25) is 9.59 Å². The molecular formula is C23H26Cl2N2O2S. The minimum atomic E-state index is -0.539. The molecule has 1 saturated heterocycles. The zero-order valence-corrected chi connectivity index (χ0v) is 19.5. The number of hydrogen-bond donors (Lipinski definition) is 1. The fraction of sp³-hybridized carbons (Fsp3) is 0.391. The van der Waals surface area contributed by atoms with E-state index in [0.29, 0.717) is 27.9 Å². The number of carbonyl (C=O) groups is 2. The number of halogens is 2. The highest BCUT2D eigenvalue weighted by Gasteiger charge is 2.42. The van der Waals surface area contributed by atoms with E-state index >= 15 is 0 Å². The van der Waals surface area contributed by atoms with Crippen LogP contribution in [0, 0.1) is 6.92 Å². The minimum absolute atomic E-state index is 0.108. The Bertz CT molecular complexity index is 922. The summed E-state index contributed by atoms with van der Waals surface area (Å²) in [5, 5.41) is 3.60. The first-order valence-corrected chi connectivity index (χ1v) is 12.0. The average Bonchev–Trinajstić information content (AvgIpc) is 3.18. The number of thioether (sulfide) groups is 1. The second-order valence-electron chi connectivity index (χ2n) is 7.40. The molecule has 2 amide bonds. The molecule has 30 heavy (non-hydrogen) atoms. The summed E-state index contributed by atoms with van der Waals surface area (Å²) in [7, 11) is 0. The number of nitrogens with one attached hydrogen (secondary N) is 1. The van der Waals surface area contributed by atoms with Crippen LogP contribution in [0.15, 0.2) is 42.5 Å². The van der Waals surface area contributed by atoms with Gasteiger partial charge in [-0.05, 0) is 42.7 Å². The summed E-state index contributed by atoms with van der Waals surface area (Å²) in [6, 6.07) is 12.3. The van der Waals surface area contributed by atoms with Crippen LogP contribution in [-0.4, -0.2) is 35.1 Å². The van der Waals surface area contributed by atoms with Crippen LogP contribution in [0.25, 0.3) is 0 Å². The van der Waals surface area contributed by atoms with Crippen LogP contribution < -0.4 is 5.32 Å². The van der Waals surface area contributed by atoms with Crippen molar-refractivity contribution in [2.45, 2.75) is 44.5 Å². The summed E-state index contributed by atoms with van der Waals surface area (Å²) in [6.45, 7) is 4.65. The van der Waals surface area contributed by atoms with Crippen molar-refractivity contribution >= 4 is 46.8 Å². The van der Waals surface area contributed by atoms with Crippen molar-refractivity contribution in [1.29, 1.82) is 0 Å². The van der Waals surface area contributed by atoms with Crippen LogP contribution >= 0.6 is 35.0 Å². The summed E-state index contributed by atoms with van der Waals surface area (Å²) < 4.78 is 0. The zero-order chi connectivity index (χ0) is 21.7. The van der Waals surface area contributed by atoms with Crippen LogP contribution in [0.4, 0.5) is 0 Å². The maximum Gasteiger partial charge on any atom is 0.256 e. The zero-order valence-electron chi connectivity index (χ0n) is 17.2. The van der Waals surface area contributed by atoms with E-state index in [0.717, 1.165) is 30.4 Å². The van der Waals surface area contributed by atoms with Crippen molar-refractivity contribution < 1.29 is 9.59 Å². The van der Waals surface area contributed by atoms with Gasteiger partial charge in [0.1, 0.15) is 11.4 Å². The van der Waals surface area contributed by atoms with Gasteiger partial charge in [0, 0.05) is 17.9 Å². The Hall–Kier alpha value is -1.69. The van der Waals surface area contributed by atoms with Gasteiger partial charge in [-0.2, -0.15) is 0 Å². The van der Waals surface area contributed by atoms with E-state index in [1.165, 1.54) is 0 Å². The minimum Gasteiger partial charge on any atom is -0.354 e. The molecule has 2 atom stereocenters. The SMILES string of the molecule is CCCCCNC(=O)C1CSC(c2ccc(Cl)c(Cl)c2)N1C(=O)c1ccccc1C. The Morgan fingerprint density at radius 3 is 2.60 bits per heavy atom. The second kappa shape index (κ2) is 10.6. The van der Waals surface area contributed by atoms with Crippen LogP contribution in [0.1, 0.15) is 53.0 Å². The highest BCUT2D eigenvalue weighted by molar-refractivity contribution is 7.99. The van der Waals surface area contributed by atoms with Gasteiger partial charge in [0.25, 0.3) is 5.91 Å². The van der Waals surface area contributed by atoms with Gasteiger partial charge in [0.15, 0.2) is 0 Å². The Labute approximate surface area is 192 Å².